The highest BCUT2D eigenvalue weighted by molar-refractivity contribution is 8.00. The van der Waals surface area contributed by atoms with Gasteiger partial charge in [0.2, 0.25) is 5.91 Å². The normalized spacial score (nSPS) is 10.5. The molecule has 8 heteroatoms. The second kappa shape index (κ2) is 9.12. The second-order valence-corrected chi connectivity index (χ2v) is 7.65. The first-order valence-corrected chi connectivity index (χ1v) is 10.2. The van der Waals surface area contributed by atoms with Crippen molar-refractivity contribution in [3.63, 3.8) is 0 Å². The van der Waals surface area contributed by atoms with E-state index >= 15 is 0 Å². The summed E-state index contributed by atoms with van der Waals surface area (Å²) in [6.45, 7) is 0. The third-order valence-electron chi connectivity index (χ3n) is 3.63. The molecule has 0 fully saturated rings. The van der Waals surface area contributed by atoms with Crippen LogP contribution >= 0.6 is 34.7 Å². The predicted octanol–water partition coefficient (Wildman–Crippen LogP) is 5.21. The van der Waals surface area contributed by atoms with Crippen LogP contribution in [0.5, 0.6) is 11.5 Å². The number of thiazole rings is 1. The first-order valence-electron chi connectivity index (χ1n) is 7.96. The summed E-state index contributed by atoms with van der Waals surface area (Å²) in [6.07, 6.45) is 0. The summed E-state index contributed by atoms with van der Waals surface area (Å²) in [5.41, 5.74) is 1.52. The molecule has 0 saturated heterocycles. The van der Waals surface area contributed by atoms with E-state index in [1.807, 2.05) is 41.8 Å². The zero-order valence-electron chi connectivity index (χ0n) is 14.7. The number of thioether (sulfide) groups is 1. The number of hydrogen-bond acceptors (Lipinski definition) is 6. The highest BCUT2D eigenvalue weighted by atomic mass is 35.5. The number of carbonyl (C=O) groups is 1. The molecule has 0 aliphatic heterocycles. The molecule has 5 nitrogen and oxygen atoms in total. The van der Waals surface area contributed by atoms with Crippen molar-refractivity contribution in [1.29, 1.82) is 0 Å². The summed E-state index contributed by atoms with van der Waals surface area (Å²) in [6, 6.07) is 12.9. The summed E-state index contributed by atoms with van der Waals surface area (Å²) in [4.78, 5) is 17.6. The van der Waals surface area contributed by atoms with Crippen LogP contribution in [0.4, 0.5) is 5.13 Å². The Bertz CT molecular complexity index is 946. The van der Waals surface area contributed by atoms with Crippen molar-refractivity contribution in [3.05, 3.63) is 52.9 Å². The highest BCUT2D eigenvalue weighted by Gasteiger charge is 2.13. The molecule has 0 radical (unpaired) electrons. The first-order chi connectivity index (χ1) is 13.1. The standard InChI is InChI=1S/C19H17ClN2O3S2/c1-24-12-7-8-16(25-2)13(9-12)15-10-27-19(21-15)22-18(23)11-26-17-6-4-3-5-14(17)20/h3-10H,11H2,1-2H3,(H,21,22,23). The Morgan fingerprint density at radius 2 is 2.04 bits per heavy atom. The molecular weight excluding hydrogens is 404 g/mol. The van der Waals surface area contributed by atoms with Gasteiger partial charge in [-0.3, -0.25) is 4.79 Å². The van der Waals surface area contributed by atoms with Gasteiger partial charge in [0.15, 0.2) is 5.13 Å². The molecule has 0 bridgehead atoms. The fraction of sp³-hybridized carbons (Fsp3) is 0.158. The SMILES string of the molecule is COc1ccc(OC)c(-c2csc(NC(=O)CSc3ccccc3Cl)n2)c1. The lowest BCUT2D eigenvalue weighted by Gasteiger charge is -2.08. The molecular formula is C19H17ClN2O3S2. The molecule has 1 amide bonds. The number of nitrogens with zero attached hydrogens (tertiary/aromatic N) is 1. The molecule has 0 aliphatic carbocycles. The van der Waals surface area contributed by atoms with E-state index in [0.717, 1.165) is 10.5 Å². The molecule has 0 saturated carbocycles. The van der Waals surface area contributed by atoms with Crippen molar-refractivity contribution in [2.75, 3.05) is 25.3 Å². The Morgan fingerprint density at radius 3 is 2.78 bits per heavy atom. The van der Waals surface area contributed by atoms with E-state index in [1.165, 1.54) is 23.1 Å². The minimum Gasteiger partial charge on any atom is -0.497 e. The van der Waals surface area contributed by atoms with Gasteiger partial charge < -0.3 is 14.8 Å². The number of rotatable bonds is 7. The topological polar surface area (TPSA) is 60.5 Å². The number of aromatic nitrogens is 1. The molecule has 2 aromatic carbocycles. The quantitative estimate of drug-likeness (QED) is 0.531. The molecule has 3 aromatic rings. The van der Waals surface area contributed by atoms with Crippen LogP contribution in [0.2, 0.25) is 5.02 Å². The Labute approximate surface area is 170 Å². The van der Waals surface area contributed by atoms with Crippen molar-refractivity contribution in [2.24, 2.45) is 0 Å². The van der Waals surface area contributed by atoms with E-state index in [-0.39, 0.29) is 11.7 Å². The maximum absolute atomic E-state index is 12.2. The molecule has 0 aliphatic rings. The molecule has 1 aromatic heterocycles. The Hall–Kier alpha value is -2.22. The van der Waals surface area contributed by atoms with Gasteiger partial charge in [-0.2, -0.15) is 0 Å². The van der Waals surface area contributed by atoms with E-state index in [2.05, 4.69) is 10.3 Å². The van der Waals surface area contributed by atoms with Crippen molar-refractivity contribution in [1.82, 2.24) is 4.98 Å². The third-order valence-corrected chi connectivity index (χ3v) is 5.90. The fourth-order valence-electron chi connectivity index (χ4n) is 2.33. The number of hydrogen-bond donors (Lipinski definition) is 1. The summed E-state index contributed by atoms with van der Waals surface area (Å²) in [7, 11) is 3.21. The van der Waals surface area contributed by atoms with Crippen LogP contribution in [0.25, 0.3) is 11.3 Å². The molecule has 140 valence electrons. The number of nitrogens with one attached hydrogen (secondary N) is 1. The number of benzene rings is 2. The van der Waals surface area contributed by atoms with Crippen molar-refractivity contribution >= 4 is 45.7 Å². The highest BCUT2D eigenvalue weighted by Crippen LogP contribution is 2.35. The van der Waals surface area contributed by atoms with Crippen LogP contribution in [-0.2, 0) is 4.79 Å². The Balaban J connectivity index is 1.67. The molecule has 27 heavy (non-hydrogen) atoms. The number of halogens is 1. The molecule has 1 N–H and O–H groups in total. The molecule has 0 unspecified atom stereocenters. The average Bonchev–Trinajstić information content (AvgIpc) is 3.15. The number of amides is 1. The minimum absolute atomic E-state index is 0.140. The van der Waals surface area contributed by atoms with Gasteiger partial charge in [-0.1, -0.05) is 23.7 Å². The van der Waals surface area contributed by atoms with E-state index in [1.54, 1.807) is 20.3 Å². The van der Waals surface area contributed by atoms with Gasteiger partial charge in [0, 0.05) is 15.8 Å². The molecule has 0 spiro atoms. The van der Waals surface area contributed by atoms with Crippen LogP contribution < -0.4 is 14.8 Å². The van der Waals surface area contributed by atoms with Gasteiger partial charge in [-0.25, -0.2) is 4.98 Å². The Kier molecular flexibility index (Phi) is 6.60. The predicted molar refractivity (Wildman–Crippen MR) is 111 cm³/mol. The summed E-state index contributed by atoms with van der Waals surface area (Å²) < 4.78 is 10.7. The Morgan fingerprint density at radius 1 is 1.22 bits per heavy atom. The van der Waals surface area contributed by atoms with Gasteiger partial charge in [-0.05, 0) is 30.3 Å². The smallest absolute Gasteiger partial charge is 0.236 e. The summed E-state index contributed by atoms with van der Waals surface area (Å²) in [5, 5.41) is 5.85. The van der Waals surface area contributed by atoms with E-state index in [0.29, 0.717) is 27.3 Å². The molecule has 0 atom stereocenters. The van der Waals surface area contributed by atoms with E-state index < -0.39 is 0 Å². The zero-order chi connectivity index (χ0) is 19.2. The van der Waals surface area contributed by atoms with E-state index in [4.69, 9.17) is 21.1 Å². The maximum atomic E-state index is 12.2. The lowest BCUT2D eigenvalue weighted by Crippen LogP contribution is -2.13. The van der Waals surface area contributed by atoms with Gasteiger partial charge in [-0.15, -0.1) is 23.1 Å². The lowest BCUT2D eigenvalue weighted by molar-refractivity contribution is -0.113. The van der Waals surface area contributed by atoms with Crippen LogP contribution in [-0.4, -0.2) is 30.9 Å². The fourth-order valence-corrected chi connectivity index (χ4v) is 4.10. The van der Waals surface area contributed by atoms with Crippen LogP contribution in [0.15, 0.2) is 52.7 Å². The molecule has 1 heterocycles. The maximum Gasteiger partial charge on any atom is 0.236 e. The monoisotopic (exact) mass is 420 g/mol. The largest absolute Gasteiger partial charge is 0.497 e. The van der Waals surface area contributed by atoms with Gasteiger partial charge in [0.1, 0.15) is 11.5 Å². The van der Waals surface area contributed by atoms with Crippen LogP contribution in [0.1, 0.15) is 0 Å². The number of methoxy groups -OCH3 is 2. The number of anilines is 1. The van der Waals surface area contributed by atoms with Crippen LogP contribution in [0, 0.1) is 0 Å². The third kappa shape index (κ3) is 4.94. The van der Waals surface area contributed by atoms with Gasteiger partial charge in [0.05, 0.1) is 30.7 Å². The average molecular weight is 421 g/mol. The van der Waals surface area contributed by atoms with Crippen molar-refractivity contribution < 1.29 is 14.3 Å². The second-order valence-electron chi connectivity index (χ2n) is 5.37. The number of carbonyl (C=O) groups excluding carboxylic acids is 1. The molecule has 3 rings (SSSR count). The summed E-state index contributed by atoms with van der Waals surface area (Å²) in [5.74, 6) is 1.51. The van der Waals surface area contributed by atoms with Crippen molar-refractivity contribution in [2.45, 2.75) is 4.90 Å². The zero-order valence-corrected chi connectivity index (χ0v) is 17.1. The number of ether oxygens (including phenoxy) is 2. The van der Waals surface area contributed by atoms with Gasteiger partial charge >= 0.3 is 0 Å². The van der Waals surface area contributed by atoms with Gasteiger partial charge in [0.25, 0.3) is 0 Å². The first kappa shape index (κ1) is 19.5. The lowest BCUT2D eigenvalue weighted by atomic mass is 10.1. The van der Waals surface area contributed by atoms with Crippen molar-refractivity contribution in [3.8, 4) is 22.8 Å². The summed E-state index contributed by atoms with van der Waals surface area (Å²) >= 11 is 8.85. The minimum atomic E-state index is -0.140. The van der Waals surface area contributed by atoms with E-state index in [9.17, 15) is 4.79 Å². The van der Waals surface area contributed by atoms with Crippen LogP contribution in [0.3, 0.4) is 0 Å².